The molecule has 0 bridgehead atoms. The van der Waals surface area contributed by atoms with Crippen LogP contribution in [0.3, 0.4) is 0 Å². The summed E-state index contributed by atoms with van der Waals surface area (Å²) in [5.41, 5.74) is 7.82. The zero-order valence-corrected chi connectivity index (χ0v) is 9.51. The van der Waals surface area contributed by atoms with Crippen molar-refractivity contribution < 1.29 is 0 Å². The van der Waals surface area contributed by atoms with Crippen LogP contribution >= 0.6 is 0 Å². The Morgan fingerprint density at radius 1 is 1.00 bits per heavy atom. The van der Waals surface area contributed by atoms with E-state index < -0.39 is 0 Å². The molecule has 3 heteroatoms. The van der Waals surface area contributed by atoms with Gasteiger partial charge in [0.15, 0.2) is 5.82 Å². The van der Waals surface area contributed by atoms with Crippen LogP contribution in [0.4, 0.5) is 0 Å². The fourth-order valence-electron chi connectivity index (χ4n) is 1.50. The van der Waals surface area contributed by atoms with Gasteiger partial charge in [-0.25, -0.2) is 9.97 Å². The summed E-state index contributed by atoms with van der Waals surface area (Å²) in [5.74, 6) is 0.740. The summed E-state index contributed by atoms with van der Waals surface area (Å²) in [7, 11) is 0. The van der Waals surface area contributed by atoms with E-state index >= 15 is 0 Å². The first-order valence-electron chi connectivity index (χ1n) is 5.24. The first kappa shape index (κ1) is 10.8. The van der Waals surface area contributed by atoms with Crippen molar-refractivity contribution >= 4 is 0 Å². The topological polar surface area (TPSA) is 51.8 Å². The summed E-state index contributed by atoms with van der Waals surface area (Å²) in [4.78, 5) is 8.40. The summed E-state index contributed by atoms with van der Waals surface area (Å²) in [6, 6.07) is 9.84. The molecule has 0 radical (unpaired) electrons. The van der Waals surface area contributed by atoms with Crippen molar-refractivity contribution in [2.75, 3.05) is 0 Å². The van der Waals surface area contributed by atoms with E-state index in [0.717, 1.165) is 17.0 Å². The molecule has 0 saturated heterocycles. The monoisotopic (exact) mass is 213 g/mol. The highest BCUT2D eigenvalue weighted by molar-refractivity contribution is 5.55. The minimum Gasteiger partial charge on any atom is -0.322 e. The highest BCUT2D eigenvalue weighted by Gasteiger charge is 2.13. The molecular weight excluding hydrogens is 198 g/mol. The second kappa shape index (κ2) is 4.02. The fourth-order valence-corrected chi connectivity index (χ4v) is 1.50. The van der Waals surface area contributed by atoms with Crippen LogP contribution in [0.25, 0.3) is 11.4 Å². The fraction of sp³-hybridized carbons (Fsp3) is 0.231. The molecule has 0 atom stereocenters. The molecule has 1 aromatic carbocycles. The lowest BCUT2D eigenvalue weighted by Crippen LogP contribution is -2.28. The summed E-state index contributed by atoms with van der Waals surface area (Å²) >= 11 is 0. The van der Waals surface area contributed by atoms with Gasteiger partial charge in [-0.1, -0.05) is 24.3 Å². The molecule has 0 unspecified atom stereocenters. The predicted molar refractivity (Wildman–Crippen MR) is 64.7 cm³/mol. The van der Waals surface area contributed by atoms with Crippen molar-refractivity contribution in [1.82, 2.24) is 9.97 Å². The number of hydrogen-bond donors (Lipinski definition) is 1. The van der Waals surface area contributed by atoms with Crippen molar-refractivity contribution in [3.63, 3.8) is 0 Å². The normalized spacial score (nSPS) is 11.4. The summed E-state index contributed by atoms with van der Waals surface area (Å²) in [6.07, 6.45) is 3.48. The van der Waals surface area contributed by atoms with Gasteiger partial charge < -0.3 is 5.73 Å². The van der Waals surface area contributed by atoms with Gasteiger partial charge in [-0.05, 0) is 25.5 Å². The number of nitrogens with two attached hydrogens (primary N) is 1. The largest absolute Gasteiger partial charge is 0.322 e. The highest BCUT2D eigenvalue weighted by atomic mass is 14.8. The first-order chi connectivity index (χ1) is 7.57. The molecule has 2 N–H and O–H groups in total. The Labute approximate surface area is 95.4 Å². The molecular formula is C13H15N3. The third-order valence-electron chi connectivity index (χ3n) is 2.45. The Kier molecular flexibility index (Phi) is 2.71. The van der Waals surface area contributed by atoms with Gasteiger partial charge in [-0.3, -0.25) is 0 Å². The van der Waals surface area contributed by atoms with Gasteiger partial charge in [0.25, 0.3) is 0 Å². The van der Waals surface area contributed by atoms with E-state index in [2.05, 4.69) is 9.97 Å². The second-order valence-electron chi connectivity index (χ2n) is 4.37. The van der Waals surface area contributed by atoms with Crippen LogP contribution in [0.1, 0.15) is 19.4 Å². The maximum Gasteiger partial charge on any atom is 0.159 e. The number of rotatable bonds is 2. The van der Waals surface area contributed by atoms with Crippen molar-refractivity contribution in [2.45, 2.75) is 19.4 Å². The molecule has 0 saturated carbocycles. The first-order valence-corrected chi connectivity index (χ1v) is 5.24. The van der Waals surface area contributed by atoms with Gasteiger partial charge in [0.1, 0.15) is 0 Å². The van der Waals surface area contributed by atoms with E-state index in [9.17, 15) is 0 Å². The van der Waals surface area contributed by atoms with Gasteiger partial charge in [-0.15, -0.1) is 0 Å². The van der Waals surface area contributed by atoms with Crippen LogP contribution in [0.2, 0.25) is 0 Å². The van der Waals surface area contributed by atoms with Crippen molar-refractivity contribution in [1.29, 1.82) is 0 Å². The zero-order chi connectivity index (χ0) is 11.6. The molecule has 0 fully saturated rings. The van der Waals surface area contributed by atoms with Crippen LogP contribution in [0.15, 0.2) is 42.7 Å². The summed E-state index contributed by atoms with van der Waals surface area (Å²) in [6.45, 7) is 3.97. The van der Waals surface area contributed by atoms with Crippen molar-refractivity contribution in [3.05, 3.63) is 48.3 Å². The number of benzene rings is 1. The lowest BCUT2D eigenvalue weighted by Gasteiger charge is -2.19. The maximum absolute atomic E-state index is 6.01. The van der Waals surface area contributed by atoms with Gasteiger partial charge in [-0.2, -0.15) is 0 Å². The Bertz CT molecular complexity index is 455. The molecule has 1 aromatic heterocycles. The molecule has 0 aliphatic rings. The smallest absolute Gasteiger partial charge is 0.159 e. The van der Waals surface area contributed by atoms with Crippen LogP contribution in [-0.2, 0) is 5.54 Å². The van der Waals surface area contributed by atoms with Gasteiger partial charge in [0.05, 0.1) is 0 Å². The van der Waals surface area contributed by atoms with Gasteiger partial charge in [0, 0.05) is 23.5 Å². The molecule has 2 rings (SSSR count). The van der Waals surface area contributed by atoms with Crippen LogP contribution < -0.4 is 5.73 Å². The van der Waals surface area contributed by atoms with E-state index in [0.29, 0.717) is 0 Å². The summed E-state index contributed by atoms with van der Waals surface area (Å²) in [5, 5.41) is 0. The van der Waals surface area contributed by atoms with E-state index in [1.807, 2.05) is 38.1 Å². The minimum absolute atomic E-state index is 0.309. The van der Waals surface area contributed by atoms with E-state index in [-0.39, 0.29) is 5.54 Å². The molecule has 0 aliphatic carbocycles. The van der Waals surface area contributed by atoms with E-state index in [1.54, 1.807) is 18.5 Å². The van der Waals surface area contributed by atoms with Gasteiger partial charge >= 0.3 is 0 Å². The molecule has 3 nitrogen and oxygen atoms in total. The number of nitrogens with zero attached hydrogens (tertiary/aromatic N) is 2. The average Bonchev–Trinajstić information content (AvgIpc) is 2.29. The standard InChI is InChI=1S/C13H15N3/c1-13(2,14)11-6-4-10(5-7-11)12-15-8-3-9-16-12/h3-9H,14H2,1-2H3. The molecule has 16 heavy (non-hydrogen) atoms. The van der Waals surface area contributed by atoms with E-state index in [1.165, 1.54) is 0 Å². The van der Waals surface area contributed by atoms with Gasteiger partial charge in [0.2, 0.25) is 0 Å². The zero-order valence-electron chi connectivity index (χ0n) is 9.51. The Morgan fingerprint density at radius 3 is 2.06 bits per heavy atom. The lowest BCUT2D eigenvalue weighted by atomic mass is 9.95. The quantitative estimate of drug-likeness (QED) is 0.833. The number of hydrogen-bond acceptors (Lipinski definition) is 3. The third kappa shape index (κ3) is 2.25. The SMILES string of the molecule is CC(C)(N)c1ccc(-c2ncccn2)cc1. The Morgan fingerprint density at radius 2 is 1.56 bits per heavy atom. The second-order valence-corrected chi connectivity index (χ2v) is 4.37. The average molecular weight is 213 g/mol. The van der Waals surface area contributed by atoms with Crippen LogP contribution in [0.5, 0.6) is 0 Å². The highest BCUT2D eigenvalue weighted by Crippen LogP contribution is 2.20. The Hall–Kier alpha value is -1.74. The molecule has 0 amide bonds. The molecule has 0 aliphatic heterocycles. The van der Waals surface area contributed by atoms with Crippen molar-refractivity contribution in [3.8, 4) is 11.4 Å². The van der Waals surface area contributed by atoms with Crippen molar-refractivity contribution in [2.24, 2.45) is 5.73 Å². The van der Waals surface area contributed by atoms with Crippen LogP contribution in [-0.4, -0.2) is 9.97 Å². The summed E-state index contributed by atoms with van der Waals surface area (Å²) < 4.78 is 0. The maximum atomic E-state index is 6.01. The number of aromatic nitrogens is 2. The minimum atomic E-state index is -0.309. The van der Waals surface area contributed by atoms with Crippen LogP contribution in [0, 0.1) is 0 Å². The lowest BCUT2D eigenvalue weighted by molar-refractivity contribution is 0.554. The molecule has 82 valence electrons. The Balaban J connectivity index is 2.34. The molecule has 0 spiro atoms. The van der Waals surface area contributed by atoms with E-state index in [4.69, 9.17) is 5.73 Å². The predicted octanol–water partition coefficient (Wildman–Crippen LogP) is 2.34. The molecule has 1 heterocycles. The molecule has 2 aromatic rings. The third-order valence-corrected chi connectivity index (χ3v) is 2.45.